The summed E-state index contributed by atoms with van der Waals surface area (Å²) in [5, 5.41) is 10.8. The van der Waals surface area contributed by atoms with Gasteiger partial charge < -0.3 is 5.32 Å². The Morgan fingerprint density at radius 3 is 2.69 bits per heavy atom. The number of hydrogen-bond donors (Lipinski definition) is 1. The minimum Gasteiger partial charge on any atom is -0.355 e. The van der Waals surface area contributed by atoms with Crippen LogP contribution >= 0.6 is 34.9 Å². The van der Waals surface area contributed by atoms with Gasteiger partial charge in [-0.05, 0) is 12.2 Å². The van der Waals surface area contributed by atoms with E-state index in [9.17, 15) is 4.79 Å². The highest BCUT2D eigenvalue weighted by Gasteiger charge is 2.07. The van der Waals surface area contributed by atoms with E-state index in [2.05, 4.69) is 29.4 Å². The molecule has 1 aromatic rings. The van der Waals surface area contributed by atoms with E-state index in [0.29, 0.717) is 11.7 Å². The van der Waals surface area contributed by atoms with Crippen LogP contribution in [0.5, 0.6) is 0 Å². The highest BCUT2D eigenvalue weighted by Crippen LogP contribution is 2.26. The number of nitrogens with one attached hydrogen (secondary N) is 1. The standard InChI is InChI=1S/C9H15N3OS3/c1-6(2)4-10-7(13)5-15-9-12-11-8(14-3)16-9/h6H,4-5H2,1-3H3,(H,10,13). The number of thioether (sulfide) groups is 2. The zero-order valence-corrected chi connectivity index (χ0v) is 12.0. The zero-order chi connectivity index (χ0) is 12.0. The summed E-state index contributed by atoms with van der Waals surface area (Å²) in [6, 6.07) is 0. The molecule has 0 spiro atoms. The number of rotatable bonds is 6. The first-order chi connectivity index (χ1) is 7.61. The smallest absolute Gasteiger partial charge is 0.230 e. The first-order valence-corrected chi connectivity index (χ1v) is 7.91. The highest BCUT2D eigenvalue weighted by molar-refractivity contribution is 8.03. The minimum atomic E-state index is 0.0552. The van der Waals surface area contributed by atoms with Crippen molar-refractivity contribution in [3.05, 3.63) is 0 Å². The first-order valence-electron chi connectivity index (χ1n) is 4.88. The maximum Gasteiger partial charge on any atom is 0.230 e. The molecule has 0 aromatic carbocycles. The Morgan fingerprint density at radius 2 is 2.12 bits per heavy atom. The van der Waals surface area contributed by atoms with E-state index in [1.165, 1.54) is 23.1 Å². The predicted octanol–water partition coefficient (Wildman–Crippen LogP) is 2.12. The lowest BCUT2D eigenvalue weighted by Gasteiger charge is -2.05. The van der Waals surface area contributed by atoms with Crippen LogP contribution in [-0.4, -0.2) is 34.7 Å². The molecule has 0 unspecified atom stereocenters. The van der Waals surface area contributed by atoms with Gasteiger partial charge in [0.2, 0.25) is 5.91 Å². The van der Waals surface area contributed by atoms with Crippen molar-refractivity contribution in [1.29, 1.82) is 0 Å². The molecule has 0 bridgehead atoms. The molecule has 1 N–H and O–H groups in total. The van der Waals surface area contributed by atoms with Crippen molar-refractivity contribution in [2.45, 2.75) is 22.5 Å². The molecule has 0 aliphatic heterocycles. The second-order valence-corrected chi connectivity index (χ2v) is 6.78. The van der Waals surface area contributed by atoms with Crippen molar-refractivity contribution < 1.29 is 4.79 Å². The summed E-state index contributed by atoms with van der Waals surface area (Å²) in [6.45, 7) is 4.87. The van der Waals surface area contributed by atoms with Crippen molar-refractivity contribution in [1.82, 2.24) is 15.5 Å². The van der Waals surface area contributed by atoms with Crippen LogP contribution in [0, 0.1) is 5.92 Å². The summed E-state index contributed by atoms with van der Waals surface area (Å²) in [6.07, 6.45) is 1.96. The SMILES string of the molecule is CSc1nnc(SCC(=O)NCC(C)C)s1. The van der Waals surface area contributed by atoms with E-state index in [1.807, 2.05) is 6.26 Å². The fourth-order valence-corrected chi connectivity index (χ4v) is 3.10. The Balaban J connectivity index is 2.26. The van der Waals surface area contributed by atoms with Crippen molar-refractivity contribution in [2.24, 2.45) is 5.92 Å². The number of amides is 1. The number of nitrogens with zero attached hydrogens (tertiary/aromatic N) is 2. The van der Waals surface area contributed by atoms with Gasteiger partial charge in [0, 0.05) is 6.54 Å². The molecule has 0 saturated carbocycles. The van der Waals surface area contributed by atoms with Gasteiger partial charge in [0.25, 0.3) is 0 Å². The molecule has 1 aromatic heterocycles. The molecule has 0 radical (unpaired) electrons. The quantitative estimate of drug-likeness (QED) is 0.807. The Hall–Kier alpha value is -0.270. The molecule has 0 atom stereocenters. The number of hydrogen-bond acceptors (Lipinski definition) is 6. The summed E-state index contributed by atoms with van der Waals surface area (Å²) in [4.78, 5) is 11.4. The van der Waals surface area contributed by atoms with Gasteiger partial charge in [0.15, 0.2) is 8.68 Å². The summed E-state index contributed by atoms with van der Waals surface area (Å²) < 4.78 is 1.79. The molecule has 0 saturated heterocycles. The fourth-order valence-electron chi connectivity index (χ4n) is 0.834. The van der Waals surface area contributed by atoms with Gasteiger partial charge in [-0.2, -0.15) is 0 Å². The van der Waals surface area contributed by atoms with E-state index in [0.717, 1.165) is 15.2 Å². The van der Waals surface area contributed by atoms with E-state index >= 15 is 0 Å². The molecule has 7 heteroatoms. The molecule has 0 aliphatic rings. The lowest BCUT2D eigenvalue weighted by atomic mass is 10.2. The maximum atomic E-state index is 11.4. The van der Waals surface area contributed by atoms with Crippen LogP contribution in [0.3, 0.4) is 0 Å². The first kappa shape index (κ1) is 13.8. The Bertz CT molecular complexity index is 340. The van der Waals surface area contributed by atoms with Gasteiger partial charge in [0.1, 0.15) is 0 Å². The fraction of sp³-hybridized carbons (Fsp3) is 0.667. The Kier molecular flexibility index (Phi) is 6.15. The molecule has 0 fully saturated rings. The average Bonchev–Trinajstić information content (AvgIpc) is 2.71. The van der Waals surface area contributed by atoms with Crippen molar-refractivity contribution in [3.63, 3.8) is 0 Å². The second-order valence-electron chi connectivity index (χ2n) is 3.52. The Labute approximate surface area is 108 Å². The van der Waals surface area contributed by atoms with Gasteiger partial charge in [-0.1, -0.05) is 48.7 Å². The van der Waals surface area contributed by atoms with Gasteiger partial charge in [-0.25, -0.2) is 0 Å². The van der Waals surface area contributed by atoms with Crippen LogP contribution in [-0.2, 0) is 4.79 Å². The van der Waals surface area contributed by atoms with E-state index in [1.54, 1.807) is 11.8 Å². The summed E-state index contributed by atoms with van der Waals surface area (Å²) >= 11 is 4.53. The third-order valence-electron chi connectivity index (χ3n) is 1.60. The normalized spacial score (nSPS) is 10.8. The van der Waals surface area contributed by atoms with Crippen LogP contribution < -0.4 is 5.32 Å². The number of carbonyl (C=O) groups excluding carboxylic acids is 1. The number of carbonyl (C=O) groups is 1. The van der Waals surface area contributed by atoms with Crippen LogP contribution in [0.4, 0.5) is 0 Å². The zero-order valence-electron chi connectivity index (χ0n) is 9.52. The highest BCUT2D eigenvalue weighted by atomic mass is 32.2. The minimum absolute atomic E-state index is 0.0552. The molecular formula is C9H15N3OS3. The van der Waals surface area contributed by atoms with Crippen LogP contribution in [0.2, 0.25) is 0 Å². The van der Waals surface area contributed by atoms with Crippen molar-refractivity contribution in [2.75, 3.05) is 18.6 Å². The van der Waals surface area contributed by atoms with Crippen LogP contribution in [0.1, 0.15) is 13.8 Å². The van der Waals surface area contributed by atoms with Crippen molar-refractivity contribution in [3.8, 4) is 0 Å². The molecular weight excluding hydrogens is 262 g/mol. The molecule has 90 valence electrons. The van der Waals surface area contributed by atoms with Gasteiger partial charge in [-0.15, -0.1) is 10.2 Å². The molecule has 1 amide bonds. The lowest BCUT2D eigenvalue weighted by Crippen LogP contribution is -2.28. The van der Waals surface area contributed by atoms with Gasteiger partial charge in [-0.3, -0.25) is 4.79 Å². The summed E-state index contributed by atoms with van der Waals surface area (Å²) in [7, 11) is 0. The maximum absolute atomic E-state index is 11.4. The monoisotopic (exact) mass is 277 g/mol. The third kappa shape index (κ3) is 5.18. The van der Waals surface area contributed by atoms with E-state index < -0.39 is 0 Å². The summed E-state index contributed by atoms with van der Waals surface area (Å²) in [5.74, 6) is 0.952. The topological polar surface area (TPSA) is 54.9 Å². The van der Waals surface area contributed by atoms with E-state index in [4.69, 9.17) is 0 Å². The van der Waals surface area contributed by atoms with E-state index in [-0.39, 0.29) is 5.91 Å². The molecule has 4 nitrogen and oxygen atoms in total. The second kappa shape index (κ2) is 7.13. The van der Waals surface area contributed by atoms with Gasteiger partial charge in [0.05, 0.1) is 5.75 Å². The van der Waals surface area contributed by atoms with Gasteiger partial charge >= 0.3 is 0 Å². The molecule has 1 rings (SSSR count). The molecule has 0 aliphatic carbocycles. The lowest BCUT2D eigenvalue weighted by molar-refractivity contribution is -0.118. The third-order valence-corrected chi connectivity index (χ3v) is 4.63. The summed E-state index contributed by atoms with van der Waals surface area (Å²) in [5.41, 5.74) is 0. The van der Waals surface area contributed by atoms with Crippen LogP contribution in [0.15, 0.2) is 8.68 Å². The molecule has 1 heterocycles. The Morgan fingerprint density at radius 1 is 1.44 bits per heavy atom. The predicted molar refractivity (Wildman–Crippen MR) is 70.3 cm³/mol. The largest absolute Gasteiger partial charge is 0.355 e. The molecule has 16 heavy (non-hydrogen) atoms. The van der Waals surface area contributed by atoms with Crippen LogP contribution in [0.25, 0.3) is 0 Å². The van der Waals surface area contributed by atoms with Crippen molar-refractivity contribution >= 4 is 40.8 Å². The number of aromatic nitrogens is 2. The average molecular weight is 277 g/mol.